The predicted octanol–water partition coefficient (Wildman–Crippen LogP) is -0.291. The van der Waals surface area contributed by atoms with E-state index in [0.717, 1.165) is 18.2 Å². The summed E-state index contributed by atoms with van der Waals surface area (Å²) in [5.41, 5.74) is -0.752. The number of primary sulfonamides is 1. The van der Waals surface area contributed by atoms with Crippen molar-refractivity contribution in [3.8, 4) is 5.75 Å². The zero-order chi connectivity index (χ0) is 15.3. The highest BCUT2D eigenvalue weighted by Gasteiger charge is 2.20. The van der Waals surface area contributed by atoms with Crippen molar-refractivity contribution in [3.63, 3.8) is 0 Å². The van der Waals surface area contributed by atoms with E-state index in [2.05, 4.69) is 5.32 Å². The third kappa shape index (κ3) is 4.82. The smallest absolute Gasteiger partial charge is 0.282 e. The molecule has 0 radical (unpaired) electrons. The number of sulfonamides is 1. The molecule has 0 fully saturated rings. The third-order valence-electron chi connectivity index (χ3n) is 2.31. The van der Waals surface area contributed by atoms with Crippen LogP contribution in [0.15, 0.2) is 18.2 Å². The fraction of sp³-hybridized carbons (Fsp3) is 0.300. The van der Waals surface area contributed by atoms with E-state index in [1.807, 2.05) is 0 Å². The van der Waals surface area contributed by atoms with Crippen molar-refractivity contribution in [2.75, 3.05) is 12.3 Å². The van der Waals surface area contributed by atoms with Crippen molar-refractivity contribution >= 4 is 21.6 Å². The largest absolute Gasteiger partial charge is 0.508 e. The van der Waals surface area contributed by atoms with Crippen molar-refractivity contribution in [1.29, 1.82) is 0 Å². The Bertz CT molecular complexity index is 628. The van der Waals surface area contributed by atoms with Crippen LogP contribution >= 0.6 is 0 Å². The fourth-order valence-corrected chi connectivity index (χ4v) is 1.98. The van der Waals surface area contributed by atoms with Gasteiger partial charge >= 0.3 is 0 Å². The number of rotatable bonds is 6. The van der Waals surface area contributed by atoms with Crippen LogP contribution in [0.1, 0.15) is 16.8 Å². The lowest BCUT2D eigenvalue weighted by molar-refractivity contribution is -0.385. The van der Waals surface area contributed by atoms with E-state index in [9.17, 15) is 28.4 Å². The first-order chi connectivity index (χ1) is 9.20. The van der Waals surface area contributed by atoms with Crippen LogP contribution in [0.3, 0.4) is 0 Å². The van der Waals surface area contributed by atoms with Crippen LogP contribution in [0.5, 0.6) is 5.75 Å². The zero-order valence-electron chi connectivity index (χ0n) is 10.3. The molecule has 0 aromatic heterocycles. The molecule has 0 saturated heterocycles. The number of phenols is 1. The number of nitrogens with two attached hydrogens (primary N) is 1. The van der Waals surface area contributed by atoms with Crippen LogP contribution in [0.4, 0.5) is 5.69 Å². The van der Waals surface area contributed by atoms with E-state index in [-0.39, 0.29) is 30.0 Å². The van der Waals surface area contributed by atoms with Crippen LogP contribution in [0, 0.1) is 10.1 Å². The minimum Gasteiger partial charge on any atom is -0.508 e. The summed E-state index contributed by atoms with van der Waals surface area (Å²) in [6, 6.07) is 3.07. The molecule has 9 nitrogen and oxygen atoms in total. The van der Waals surface area contributed by atoms with Gasteiger partial charge in [-0.2, -0.15) is 0 Å². The van der Waals surface area contributed by atoms with Gasteiger partial charge in [-0.15, -0.1) is 0 Å². The van der Waals surface area contributed by atoms with Gasteiger partial charge in [-0.3, -0.25) is 14.9 Å². The number of nitrogens with one attached hydrogen (secondary N) is 1. The molecule has 4 N–H and O–H groups in total. The molecule has 0 aliphatic heterocycles. The summed E-state index contributed by atoms with van der Waals surface area (Å²) < 4.78 is 21.4. The Morgan fingerprint density at radius 1 is 1.45 bits per heavy atom. The Hall–Kier alpha value is -2.20. The highest BCUT2D eigenvalue weighted by atomic mass is 32.2. The summed E-state index contributed by atoms with van der Waals surface area (Å²) in [5, 5.41) is 27.1. The van der Waals surface area contributed by atoms with Gasteiger partial charge in [0, 0.05) is 12.6 Å². The Morgan fingerprint density at radius 3 is 2.65 bits per heavy atom. The second kappa shape index (κ2) is 6.30. The molecule has 0 spiro atoms. The number of nitro benzene ring substituents is 1. The Kier molecular flexibility index (Phi) is 5.00. The first-order valence-electron chi connectivity index (χ1n) is 5.47. The molecule has 0 saturated carbocycles. The molecule has 0 unspecified atom stereocenters. The molecular weight excluding hydrogens is 290 g/mol. The van der Waals surface area contributed by atoms with Crippen LogP contribution in [-0.2, 0) is 10.0 Å². The third-order valence-corrected chi connectivity index (χ3v) is 3.17. The molecule has 0 aliphatic rings. The molecule has 1 amide bonds. The molecule has 10 heteroatoms. The SMILES string of the molecule is NS(=O)(=O)CCCNC(=O)c1cc(O)ccc1[N+](=O)[O-]. The normalized spacial score (nSPS) is 11.1. The number of aromatic hydroxyl groups is 1. The summed E-state index contributed by atoms with van der Waals surface area (Å²) in [4.78, 5) is 21.7. The minimum absolute atomic E-state index is 0.0118. The number of carbonyl (C=O) groups is 1. The molecule has 0 bridgehead atoms. The van der Waals surface area contributed by atoms with Crippen LogP contribution in [-0.4, -0.2) is 36.7 Å². The van der Waals surface area contributed by atoms with Gasteiger partial charge in [-0.1, -0.05) is 0 Å². The number of nitro groups is 1. The second-order valence-electron chi connectivity index (χ2n) is 3.94. The van der Waals surface area contributed by atoms with Gasteiger partial charge in [0.1, 0.15) is 11.3 Å². The van der Waals surface area contributed by atoms with Crippen molar-refractivity contribution in [3.05, 3.63) is 33.9 Å². The molecule has 1 aromatic carbocycles. The second-order valence-corrected chi connectivity index (χ2v) is 5.67. The first kappa shape index (κ1) is 15.9. The number of phenolic OH excluding ortho intramolecular Hbond substituents is 1. The lowest BCUT2D eigenvalue weighted by Crippen LogP contribution is -2.27. The van der Waals surface area contributed by atoms with Crippen molar-refractivity contribution < 1.29 is 23.2 Å². The maximum absolute atomic E-state index is 11.7. The van der Waals surface area contributed by atoms with Gasteiger partial charge in [-0.05, 0) is 18.6 Å². The lowest BCUT2D eigenvalue weighted by Gasteiger charge is -2.06. The van der Waals surface area contributed by atoms with Crippen LogP contribution in [0.25, 0.3) is 0 Å². The van der Waals surface area contributed by atoms with Gasteiger partial charge < -0.3 is 10.4 Å². The van der Waals surface area contributed by atoms with Crippen molar-refractivity contribution in [1.82, 2.24) is 5.32 Å². The van der Waals surface area contributed by atoms with E-state index in [4.69, 9.17) is 5.14 Å². The number of hydrogen-bond acceptors (Lipinski definition) is 6. The van der Waals surface area contributed by atoms with Crippen LogP contribution < -0.4 is 10.5 Å². The summed E-state index contributed by atoms with van der Waals surface area (Å²) >= 11 is 0. The van der Waals surface area contributed by atoms with Gasteiger partial charge in [0.25, 0.3) is 11.6 Å². The lowest BCUT2D eigenvalue weighted by atomic mass is 10.1. The Labute approximate surface area is 114 Å². The van der Waals surface area contributed by atoms with E-state index in [0.29, 0.717) is 0 Å². The summed E-state index contributed by atoms with van der Waals surface area (Å²) in [6.45, 7) is -0.0118. The predicted molar refractivity (Wildman–Crippen MR) is 69.7 cm³/mol. The number of hydrogen-bond donors (Lipinski definition) is 3. The van der Waals surface area contributed by atoms with E-state index in [1.54, 1.807) is 0 Å². The molecule has 0 aliphatic carbocycles. The first-order valence-corrected chi connectivity index (χ1v) is 7.18. The highest BCUT2D eigenvalue weighted by Crippen LogP contribution is 2.22. The summed E-state index contributed by atoms with van der Waals surface area (Å²) in [5.74, 6) is -1.37. The van der Waals surface area contributed by atoms with Gasteiger partial charge in [0.05, 0.1) is 10.7 Å². The van der Waals surface area contributed by atoms with Gasteiger partial charge in [-0.25, -0.2) is 13.6 Å². The number of benzene rings is 1. The number of carbonyl (C=O) groups excluding carboxylic acids is 1. The Balaban J connectivity index is 2.72. The summed E-state index contributed by atoms with van der Waals surface area (Å²) in [7, 11) is -3.61. The van der Waals surface area contributed by atoms with Gasteiger partial charge in [0.2, 0.25) is 10.0 Å². The van der Waals surface area contributed by atoms with E-state index >= 15 is 0 Å². The average Bonchev–Trinajstić information content (AvgIpc) is 2.32. The molecule has 0 atom stereocenters. The monoisotopic (exact) mass is 303 g/mol. The molecule has 0 heterocycles. The standard InChI is InChI=1S/C10H13N3O6S/c11-20(18,19)5-1-4-12-10(15)8-6-7(14)2-3-9(8)13(16)17/h2-3,6,14H,1,4-5H2,(H,12,15)(H2,11,18,19). The fourth-order valence-electron chi connectivity index (χ4n) is 1.44. The topological polar surface area (TPSA) is 153 Å². The number of amides is 1. The van der Waals surface area contributed by atoms with Gasteiger partial charge in [0.15, 0.2) is 0 Å². The molecule has 110 valence electrons. The average molecular weight is 303 g/mol. The minimum atomic E-state index is -3.61. The Morgan fingerprint density at radius 2 is 2.10 bits per heavy atom. The van der Waals surface area contributed by atoms with E-state index < -0.39 is 26.5 Å². The summed E-state index contributed by atoms with van der Waals surface area (Å²) in [6.07, 6.45) is 0.0805. The molecule has 1 aromatic rings. The zero-order valence-corrected chi connectivity index (χ0v) is 11.1. The maximum Gasteiger partial charge on any atom is 0.282 e. The van der Waals surface area contributed by atoms with Crippen LogP contribution in [0.2, 0.25) is 0 Å². The molecular formula is C10H13N3O6S. The number of nitrogens with zero attached hydrogens (tertiary/aromatic N) is 1. The quantitative estimate of drug-likeness (QED) is 0.373. The molecule has 20 heavy (non-hydrogen) atoms. The maximum atomic E-state index is 11.7. The van der Waals surface area contributed by atoms with E-state index in [1.165, 1.54) is 0 Å². The van der Waals surface area contributed by atoms with Crippen molar-refractivity contribution in [2.45, 2.75) is 6.42 Å². The highest BCUT2D eigenvalue weighted by molar-refractivity contribution is 7.89. The molecule has 1 rings (SSSR count). The van der Waals surface area contributed by atoms with Crippen molar-refractivity contribution in [2.24, 2.45) is 5.14 Å².